The van der Waals surface area contributed by atoms with Gasteiger partial charge in [-0.2, -0.15) is 0 Å². The minimum Gasteiger partial charge on any atom is -0.461 e. The normalized spacial score (nSPS) is 12.0. The topological polar surface area (TPSA) is 79.5 Å². The Morgan fingerprint density at radius 2 is 1.77 bits per heavy atom. The van der Waals surface area contributed by atoms with E-state index in [0.717, 1.165) is 0 Å². The molecule has 0 aliphatic heterocycles. The summed E-state index contributed by atoms with van der Waals surface area (Å²) in [6.07, 6.45) is 0. The zero-order valence-corrected chi connectivity index (χ0v) is 19.1. The lowest BCUT2D eigenvalue weighted by Gasteiger charge is -2.30. The Labute approximate surface area is 182 Å². The molecule has 1 aromatic carbocycles. The van der Waals surface area contributed by atoms with Crippen molar-refractivity contribution in [2.45, 2.75) is 47.6 Å². The Morgan fingerprint density at radius 1 is 1.13 bits per heavy atom. The number of ether oxygens (including phenoxy) is 1. The first-order chi connectivity index (χ1) is 14.1. The fourth-order valence-corrected chi connectivity index (χ4v) is 3.69. The summed E-state index contributed by atoms with van der Waals surface area (Å²) < 4.78 is 5.07. The number of amides is 1. The molecule has 0 saturated heterocycles. The highest BCUT2D eigenvalue weighted by molar-refractivity contribution is 6.33. The number of halogens is 1. The molecule has 30 heavy (non-hydrogen) atoms. The highest BCUT2D eigenvalue weighted by Crippen LogP contribution is 2.25. The highest BCUT2D eigenvalue weighted by atomic mass is 35.5. The smallest absolute Gasteiger partial charge is 0.355 e. The van der Waals surface area contributed by atoms with E-state index in [1.165, 1.54) is 0 Å². The molecule has 1 heterocycles. The number of aromatic nitrogens is 1. The van der Waals surface area contributed by atoms with Gasteiger partial charge in [0, 0.05) is 17.8 Å². The number of carbonyl (C=O) groups is 3. The van der Waals surface area contributed by atoms with Crippen LogP contribution in [0.5, 0.6) is 0 Å². The zero-order chi connectivity index (χ0) is 22.6. The summed E-state index contributed by atoms with van der Waals surface area (Å²) >= 11 is 6.23. The van der Waals surface area contributed by atoms with Gasteiger partial charge >= 0.3 is 5.97 Å². The van der Waals surface area contributed by atoms with Gasteiger partial charge in [-0.15, -0.1) is 0 Å². The molecule has 0 aliphatic carbocycles. The van der Waals surface area contributed by atoms with Crippen LogP contribution in [0.15, 0.2) is 24.3 Å². The first-order valence-corrected chi connectivity index (χ1v) is 10.4. The second kappa shape index (κ2) is 9.94. The van der Waals surface area contributed by atoms with Crippen molar-refractivity contribution in [3.63, 3.8) is 0 Å². The number of esters is 1. The van der Waals surface area contributed by atoms with Crippen molar-refractivity contribution in [1.29, 1.82) is 0 Å². The molecule has 0 saturated carbocycles. The molecule has 162 valence electrons. The summed E-state index contributed by atoms with van der Waals surface area (Å²) in [5.41, 5.74) is 2.12. The molecule has 6 nitrogen and oxygen atoms in total. The van der Waals surface area contributed by atoms with Crippen LogP contribution in [0.4, 0.5) is 0 Å². The number of carbonyl (C=O) groups excluding carboxylic acids is 3. The van der Waals surface area contributed by atoms with Gasteiger partial charge in [0.1, 0.15) is 5.69 Å². The van der Waals surface area contributed by atoms with Crippen LogP contribution < -0.4 is 0 Å². The molecule has 7 heteroatoms. The Bertz CT molecular complexity index is 949. The maximum atomic E-state index is 13.4. The fourth-order valence-electron chi connectivity index (χ4n) is 3.48. The van der Waals surface area contributed by atoms with Crippen molar-refractivity contribution in [3.05, 3.63) is 57.4 Å². The van der Waals surface area contributed by atoms with Gasteiger partial charge in [-0.3, -0.25) is 9.59 Å². The van der Waals surface area contributed by atoms with E-state index in [1.807, 2.05) is 13.8 Å². The number of hydrogen-bond donors (Lipinski definition) is 1. The summed E-state index contributed by atoms with van der Waals surface area (Å²) in [5, 5.41) is 0.342. The Morgan fingerprint density at radius 3 is 2.33 bits per heavy atom. The number of aromatic amines is 1. The zero-order valence-electron chi connectivity index (χ0n) is 18.3. The van der Waals surface area contributed by atoms with E-state index < -0.39 is 12.0 Å². The van der Waals surface area contributed by atoms with Crippen molar-refractivity contribution < 1.29 is 19.1 Å². The second-order valence-corrected chi connectivity index (χ2v) is 8.12. The minimum absolute atomic E-state index is 0.148. The first kappa shape index (κ1) is 23.7. The lowest BCUT2D eigenvalue weighted by molar-refractivity contribution is 0.0518. The third kappa shape index (κ3) is 4.93. The third-order valence-electron chi connectivity index (χ3n) is 4.94. The van der Waals surface area contributed by atoms with Crippen molar-refractivity contribution in [1.82, 2.24) is 9.88 Å². The molecule has 0 radical (unpaired) electrons. The molecular formula is C23H29ClN2O4. The van der Waals surface area contributed by atoms with Gasteiger partial charge in [-0.1, -0.05) is 37.6 Å². The Balaban J connectivity index is 2.43. The molecule has 1 N–H and O–H groups in total. The number of nitrogens with zero attached hydrogens (tertiary/aromatic N) is 1. The van der Waals surface area contributed by atoms with Crippen LogP contribution in [0.2, 0.25) is 5.02 Å². The van der Waals surface area contributed by atoms with E-state index in [0.29, 0.717) is 34.0 Å². The van der Waals surface area contributed by atoms with Gasteiger partial charge in [0.05, 0.1) is 23.2 Å². The average molecular weight is 433 g/mol. The van der Waals surface area contributed by atoms with Crippen LogP contribution >= 0.6 is 11.6 Å². The number of H-pyrrole nitrogens is 1. The summed E-state index contributed by atoms with van der Waals surface area (Å²) in [7, 11) is 0. The SMILES string of the molecule is CCOC(=O)c1[nH]c(C)c(C(=O)[C@@H](C)N(CC(C)C)C(=O)c2ccccc2Cl)c1C. The number of ketones is 1. The number of rotatable bonds is 8. The Hall–Kier alpha value is -2.60. The van der Waals surface area contributed by atoms with Gasteiger partial charge in [0.25, 0.3) is 5.91 Å². The predicted molar refractivity (Wildman–Crippen MR) is 117 cm³/mol. The van der Waals surface area contributed by atoms with E-state index in [1.54, 1.807) is 56.9 Å². The molecule has 2 aromatic rings. The predicted octanol–water partition coefficient (Wildman–Crippen LogP) is 4.83. The summed E-state index contributed by atoms with van der Waals surface area (Å²) in [5.74, 6) is -0.893. The largest absolute Gasteiger partial charge is 0.461 e. The maximum absolute atomic E-state index is 13.4. The summed E-state index contributed by atoms with van der Waals surface area (Å²) in [4.78, 5) is 43.4. The van der Waals surface area contributed by atoms with Gasteiger partial charge in [0.15, 0.2) is 5.78 Å². The minimum atomic E-state index is -0.737. The molecule has 0 fully saturated rings. The van der Waals surface area contributed by atoms with Crippen LogP contribution in [-0.4, -0.2) is 46.7 Å². The summed E-state index contributed by atoms with van der Waals surface area (Å²) in [6.45, 7) is 11.5. The van der Waals surface area contributed by atoms with Crippen molar-refractivity contribution in [2.75, 3.05) is 13.2 Å². The number of Topliss-reactive ketones (excluding diaryl/α,β-unsaturated/α-hetero) is 1. The third-order valence-corrected chi connectivity index (χ3v) is 5.27. The van der Waals surface area contributed by atoms with Gasteiger partial charge in [0.2, 0.25) is 0 Å². The molecule has 0 spiro atoms. The number of benzene rings is 1. The Kier molecular flexibility index (Phi) is 7.84. The van der Waals surface area contributed by atoms with Gasteiger partial charge in [-0.05, 0) is 51.3 Å². The highest BCUT2D eigenvalue weighted by Gasteiger charge is 2.32. The quantitative estimate of drug-likeness (QED) is 0.478. The lowest BCUT2D eigenvalue weighted by Crippen LogP contribution is -2.45. The van der Waals surface area contributed by atoms with Crippen molar-refractivity contribution in [3.8, 4) is 0 Å². The molecule has 1 amide bonds. The monoisotopic (exact) mass is 432 g/mol. The molecule has 0 unspecified atom stereocenters. The average Bonchev–Trinajstić information content (AvgIpc) is 2.99. The van der Waals surface area contributed by atoms with Crippen molar-refractivity contribution >= 4 is 29.3 Å². The standard InChI is InChI=1S/C23H29ClN2O4/c1-7-30-23(29)20-14(4)19(15(5)25-20)21(27)16(6)26(12-13(2)3)22(28)17-10-8-9-11-18(17)24/h8-11,13,16,25H,7,12H2,1-6H3/t16-/m1/s1. The second-order valence-electron chi connectivity index (χ2n) is 7.72. The maximum Gasteiger partial charge on any atom is 0.355 e. The molecular weight excluding hydrogens is 404 g/mol. The van der Waals surface area contributed by atoms with Gasteiger partial charge in [-0.25, -0.2) is 4.79 Å². The molecule has 1 atom stereocenters. The van der Waals surface area contributed by atoms with E-state index in [4.69, 9.17) is 16.3 Å². The summed E-state index contributed by atoms with van der Waals surface area (Å²) in [6, 6.07) is 6.07. The fraction of sp³-hybridized carbons (Fsp3) is 0.435. The van der Waals surface area contributed by atoms with Crippen LogP contribution in [0, 0.1) is 19.8 Å². The number of nitrogens with one attached hydrogen (secondary N) is 1. The van der Waals surface area contributed by atoms with Crippen LogP contribution in [-0.2, 0) is 4.74 Å². The van der Waals surface area contributed by atoms with E-state index >= 15 is 0 Å². The molecule has 0 bridgehead atoms. The van der Waals surface area contributed by atoms with Crippen LogP contribution in [0.3, 0.4) is 0 Å². The van der Waals surface area contributed by atoms with E-state index in [9.17, 15) is 14.4 Å². The van der Waals surface area contributed by atoms with Crippen molar-refractivity contribution in [2.24, 2.45) is 5.92 Å². The van der Waals surface area contributed by atoms with E-state index in [-0.39, 0.29) is 29.9 Å². The number of aryl methyl sites for hydroxylation is 1. The lowest BCUT2D eigenvalue weighted by atomic mass is 9.98. The number of hydrogen-bond acceptors (Lipinski definition) is 4. The van der Waals surface area contributed by atoms with Crippen LogP contribution in [0.1, 0.15) is 70.2 Å². The first-order valence-electron chi connectivity index (χ1n) is 10.1. The van der Waals surface area contributed by atoms with Crippen LogP contribution in [0.25, 0.3) is 0 Å². The van der Waals surface area contributed by atoms with Gasteiger partial charge < -0.3 is 14.6 Å². The van der Waals surface area contributed by atoms with E-state index in [2.05, 4.69) is 4.98 Å². The molecule has 2 rings (SSSR count). The molecule has 1 aromatic heterocycles. The molecule has 0 aliphatic rings.